The molecule has 0 radical (unpaired) electrons. The van der Waals surface area contributed by atoms with Gasteiger partial charge in [0.05, 0.1) is 12.1 Å². The van der Waals surface area contributed by atoms with Gasteiger partial charge in [0.25, 0.3) is 5.89 Å². The van der Waals surface area contributed by atoms with Gasteiger partial charge in [-0.2, -0.15) is 4.98 Å². The maximum Gasteiger partial charge on any atom is 0.257 e. The van der Waals surface area contributed by atoms with Crippen LogP contribution >= 0.6 is 24.0 Å². The van der Waals surface area contributed by atoms with Gasteiger partial charge in [0.1, 0.15) is 0 Å². The third-order valence-corrected chi connectivity index (χ3v) is 3.47. The van der Waals surface area contributed by atoms with E-state index >= 15 is 0 Å². The summed E-state index contributed by atoms with van der Waals surface area (Å²) in [6.45, 7) is 3.77. The van der Waals surface area contributed by atoms with Gasteiger partial charge in [-0.3, -0.25) is 4.79 Å². The predicted octanol–water partition coefficient (Wildman–Crippen LogP) is 3.12. The number of aromatic nitrogens is 2. The molecule has 0 saturated heterocycles. The summed E-state index contributed by atoms with van der Waals surface area (Å²) in [7, 11) is 0. The molecular formula is C15H20Cl2N4O2. The molecule has 23 heavy (non-hydrogen) atoms. The number of nitrogens with two attached hydrogens (primary N) is 1. The Kier molecular flexibility index (Phi) is 7.48. The van der Waals surface area contributed by atoms with Gasteiger partial charge in [-0.05, 0) is 37.6 Å². The maximum absolute atomic E-state index is 11.9. The van der Waals surface area contributed by atoms with Crippen molar-refractivity contribution in [2.45, 2.75) is 38.8 Å². The van der Waals surface area contributed by atoms with Gasteiger partial charge in [-0.1, -0.05) is 30.1 Å². The lowest BCUT2D eigenvalue weighted by atomic mass is 10.1. The Bertz CT molecular complexity index is 631. The van der Waals surface area contributed by atoms with Crippen LogP contribution in [0.5, 0.6) is 0 Å². The quantitative estimate of drug-likeness (QED) is 0.827. The average Bonchev–Trinajstić information content (AvgIpc) is 2.98. The highest BCUT2D eigenvalue weighted by Crippen LogP contribution is 2.21. The molecule has 2 aromatic rings. The average molecular weight is 359 g/mol. The molecule has 0 aliphatic heterocycles. The highest BCUT2D eigenvalue weighted by atomic mass is 35.5. The molecule has 2 rings (SSSR count). The summed E-state index contributed by atoms with van der Waals surface area (Å²) in [5.41, 5.74) is 6.54. The summed E-state index contributed by atoms with van der Waals surface area (Å²) >= 11 is 5.84. The minimum Gasteiger partial charge on any atom is -0.345 e. The number of carbonyl (C=O) groups is 1. The van der Waals surface area contributed by atoms with Crippen LogP contribution in [0.2, 0.25) is 5.02 Å². The smallest absolute Gasteiger partial charge is 0.257 e. The molecule has 0 spiro atoms. The van der Waals surface area contributed by atoms with Crippen LogP contribution < -0.4 is 11.1 Å². The molecule has 2 atom stereocenters. The number of hydrogen-bond donors (Lipinski definition) is 2. The molecule has 1 heterocycles. The molecule has 1 aromatic heterocycles. The summed E-state index contributed by atoms with van der Waals surface area (Å²) in [6.07, 6.45) is 1.49. The van der Waals surface area contributed by atoms with Gasteiger partial charge < -0.3 is 15.6 Å². The fourth-order valence-corrected chi connectivity index (χ4v) is 2.07. The van der Waals surface area contributed by atoms with Crippen LogP contribution in [0.25, 0.3) is 11.5 Å². The number of carbonyl (C=O) groups excluding carboxylic acids is 1. The van der Waals surface area contributed by atoms with Gasteiger partial charge in [0.2, 0.25) is 5.91 Å². The molecule has 126 valence electrons. The van der Waals surface area contributed by atoms with Crippen molar-refractivity contribution in [3.05, 3.63) is 35.1 Å². The van der Waals surface area contributed by atoms with Crippen LogP contribution in [-0.4, -0.2) is 22.1 Å². The van der Waals surface area contributed by atoms with Crippen LogP contribution in [0.1, 0.15) is 38.6 Å². The van der Waals surface area contributed by atoms with E-state index in [9.17, 15) is 4.79 Å². The first-order valence-corrected chi connectivity index (χ1v) is 7.54. The van der Waals surface area contributed by atoms with Crippen molar-refractivity contribution in [1.82, 2.24) is 15.5 Å². The number of nitrogens with one attached hydrogen (secondary N) is 1. The van der Waals surface area contributed by atoms with Gasteiger partial charge in [-0.15, -0.1) is 12.4 Å². The van der Waals surface area contributed by atoms with Crippen molar-refractivity contribution in [3.8, 4) is 11.5 Å². The van der Waals surface area contributed by atoms with Gasteiger partial charge in [-0.25, -0.2) is 0 Å². The first-order chi connectivity index (χ1) is 10.5. The summed E-state index contributed by atoms with van der Waals surface area (Å²) < 4.78 is 5.21. The Morgan fingerprint density at radius 3 is 2.65 bits per heavy atom. The van der Waals surface area contributed by atoms with E-state index < -0.39 is 6.04 Å². The van der Waals surface area contributed by atoms with Crippen molar-refractivity contribution in [2.75, 3.05) is 0 Å². The standard InChI is InChI=1S/C15H19ClN4O2.ClH/c1-3-4-12(17)14(21)18-9(2)13-19-15(22-20-13)10-5-7-11(16)8-6-10;/h5-9,12H,3-4,17H2,1-2H3,(H,18,21);1H. The lowest BCUT2D eigenvalue weighted by molar-refractivity contribution is -0.123. The third kappa shape index (κ3) is 5.20. The molecule has 2 unspecified atom stereocenters. The maximum atomic E-state index is 11.9. The molecule has 0 aliphatic rings. The Hall–Kier alpha value is -1.63. The highest BCUT2D eigenvalue weighted by molar-refractivity contribution is 6.30. The van der Waals surface area contributed by atoms with Crippen LogP contribution in [0, 0.1) is 0 Å². The van der Waals surface area contributed by atoms with E-state index in [-0.39, 0.29) is 24.4 Å². The molecular weight excluding hydrogens is 339 g/mol. The van der Waals surface area contributed by atoms with Crippen LogP contribution in [0.4, 0.5) is 0 Å². The lowest BCUT2D eigenvalue weighted by Crippen LogP contribution is -2.41. The Morgan fingerprint density at radius 1 is 1.39 bits per heavy atom. The number of hydrogen-bond acceptors (Lipinski definition) is 5. The number of amides is 1. The second-order valence-electron chi connectivity index (χ2n) is 5.09. The van der Waals surface area contributed by atoms with Crippen molar-refractivity contribution in [2.24, 2.45) is 5.73 Å². The molecule has 1 amide bonds. The zero-order chi connectivity index (χ0) is 16.1. The van der Waals surface area contributed by atoms with E-state index in [1.54, 1.807) is 31.2 Å². The highest BCUT2D eigenvalue weighted by Gasteiger charge is 2.20. The summed E-state index contributed by atoms with van der Waals surface area (Å²) in [6, 6.07) is 6.18. The molecule has 6 nitrogen and oxygen atoms in total. The van der Waals surface area contributed by atoms with E-state index in [1.807, 2.05) is 6.92 Å². The van der Waals surface area contributed by atoms with Gasteiger partial charge in [0, 0.05) is 10.6 Å². The Balaban J connectivity index is 0.00000264. The van der Waals surface area contributed by atoms with Crippen LogP contribution in [-0.2, 0) is 4.79 Å². The zero-order valence-corrected chi connectivity index (χ0v) is 14.5. The fourth-order valence-electron chi connectivity index (χ4n) is 1.95. The lowest BCUT2D eigenvalue weighted by Gasteiger charge is -2.14. The molecule has 0 fully saturated rings. The second kappa shape index (κ2) is 8.86. The first kappa shape index (κ1) is 19.4. The third-order valence-electron chi connectivity index (χ3n) is 3.22. The number of halogens is 2. The molecule has 0 bridgehead atoms. The molecule has 0 aliphatic carbocycles. The van der Waals surface area contributed by atoms with Gasteiger partial charge >= 0.3 is 0 Å². The summed E-state index contributed by atoms with van der Waals surface area (Å²) in [4.78, 5) is 16.2. The van der Waals surface area contributed by atoms with Crippen LogP contribution in [0.3, 0.4) is 0 Å². The van der Waals surface area contributed by atoms with E-state index in [2.05, 4.69) is 15.5 Å². The Morgan fingerprint density at radius 2 is 2.04 bits per heavy atom. The van der Waals surface area contributed by atoms with Crippen molar-refractivity contribution < 1.29 is 9.32 Å². The Labute approximate surface area is 146 Å². The van der Waals surface area contributed by atoms with E-state index in [0.29, 0.717) is 23.2 Å². The molecule has 3 N–H and O–H groups in total. The topological polar surface area (TPSA) is 94.0 Å². The first-order valence-electron chi connectivity index (χ1n) is 7.16. The SMILES string of the molecule is CCCC(N)C(=O)NC(C)c1noc(-c2ccc(Cl)cc2)n1.Cl. The molecule has 8 heteroatoms. The second-order valence-corrected chi connectivity index (χ2v) is 5.53. The fraction of sp³-hybridized carbons (Fsp3) is 0.400. The zero-order valence-electron chi connectivity index (χ0n) is 13.0. The van der Waals surface area contributed by atoms with Crippen molar-refractivity contribution >= 4 is 29.9 Å². The van der Waals surface area contributed by atoms with E-state index in [4.69, 9.17) is 21.9 Å². The van der Waals surface area contributed by atoms with E-state index in [1.165, 1.54) is 0 Å². The number of benzene rings is 1. The minimum absolute atomic E-state index is 0. The minimum atomic E-state index is -0.518. The monoisotopic (exact) mass is 358 g/mol. The summed E-state index contributed by atoms with van der Waals surface area (Å²) in [5, 5.41) is 7.32. The van der Waals surface area contributed by atoms with Crippen LogP contribution in [0.15, 0.2) is 28.8 Å². The predicted molar refractivity (Wildman–Crippen MR) is 91.4 cm³/mol. The number of nitrogens with zero attached hydrogens (tertiary/aromatic N) is 2. The van der Waals surface area contributed by atoms with Crippen molar-refractivity contribution in [3.63, 3.8) is 0 Å². The molecule has 0 saturated carbocycles. The molecule has 1 aromatic carbocycles. The van der Waals surface area contributed by atoms with E-state index in [0.717, 1.165) is 12.0 Å². The normalized spacial score (nSPS) is 13.0. The van der Waals surface area contributed by atoms with Crippen molar-refractivity contribution in [1.29, 1.82) is 0 Å². The summed E-state index contributed by atoms with van der Waals surface area (Å²) in [5.74, 6) is 0.569. The van der Waals surface area contributed by atoms with Gasteiger partial charge in [0.15, 0.2) is 5.82 Å². The largest absolute Gasteiger partial charge is 0.345 e. The number of rotatable bonds is 6.